The van der Waals surface area contributed by atoms with E-state index in [4.69, 9.17) is 4.42 Å². The van der Waals surface area contributed by atoms with E-state index in [1.165, 1.54) is 0 Å². The van der Waals surface area contributed by atoms with Crippen LogP contribution in [-0.4, -0.2) is 4.98 Å². The van der Waals surface area contributed by atoms with Crippen LogP contribution < -0.4 is 0 Å². The van der Waals surface area contributed by atoms with Gasteiger partial charge in [0.2, 0.25) is 0 Å². The van der Waals surface area contributed by atoms with Crippen molar-refractivity contribution >= 4 is 27.3 Å². The first-order valence-corrected chi connectivity index (χ1v) is 5.87. The Morgan fingerprint density at radius 2 is 2.38 bits per heavy atom. The number of alkyl halides is 1. The van der Waals surface area contributed by atoms with E-state index in [9.17, 15) is 0 Å². The molecule has 0 aliphatic heterocycles. The smallest absolute Gasteiger partial charge is 0.153 e. The SMILES string of the molecule is Cc1ccc(-c2csc(CBr)n2)o1. The molecule has 2 rings (SSSR count). The van der Waals surface area contributed by atoms with Crippen LogP contribution in [0.4, 0.5) is 0 Å². The maximum atomic E-state index is 5.46. The summed E-state index contributed by atoms with van der Waals surface area (Å²) in [4.78, 5) is 4.39. The van der Waals surface area contributed by atoms with Crippen molar-refractivity contribution in [2.75, 3.05) is 0 Å². The number of hydrogen-bond donors (Lipinski definition) is 0. The van der Waals surface area contributed by atoms with Crippen molar-refractivity contribution in [2.24, 2.45) is 0 Å². The molecule has 0 aliphatic carbocycles. The summed E-state index contributed by atoms with van der Waals surface area (Å²) in [5.41, 5.74) is 0.924. The van der Waals surface area contributed by atoms with E-state index in [1.54, 1.807) is 11.3 Å². The summed E-state index contributed by atoms with van der Waals surface area (Å²) >= 11 is 5.00. The lowest BCUT2D eigenvalue weighted by Crippen LogP contribution is -1.75. The number of aromatic nitrogens is 1. The van der Waals surface area contributed by atoms with Crippen LogP contribution in [0.1, 0.15) is 10.8 Å². The Hall–Kier alpha value is -0.610. The fraction of sp³-hybridized carbons (Fsp3) is 0.222. The summed E-state index contributed by atoms with van der Waals surface area (Å²) in [6.45, 7) is 1.93. The fourth-order valence-electron chi connectivity index (χ4n) is 1.06. The fourth-order valence-corrected chi connectivity index (χ4v) is 2.21. The molecule has 0 saturated carbocycles. The molecule has 2 heterocycles. The summed E-state index contributed by atoms with van der Waals surface area (Å²) in [7, 11) is 0. The van der Waals surface area contributed by atoms with Gasteiger partial charge in [0.25, 0.3) is 0 Å². The molecule has 0 saturated heterocycles. The van der Waals surface area contributed by atoms with Crippen LogP contribution in [0.15, 0.2) is 21.9 Å². The summed E-state index contributed by atoms with van der Waals surface area (Å²) in [5.74, 6) is 1.77. The molecule has 0 aromatic carbocycles. The Morgan fingerprint density at radius 3 is 2.92 bits per heavy atom. The molecular weight excluding hydrogens is 250 g/mol. The largest absolute Gasteiger partial charge is 0.460 e. The maximum Gasteiger partial charge on any atom is 0.153 e. The molecule has 2 nitrogen and oxygen atoms in total. The van der Waals surface area contributed by atoms with Gasteiger partial charge in [0.1, 0.15) is 16.5 Å². The van der Waals surface area contributed by atoms with Crippen molar-refractivity contribution in [1.82, 2.24) is 4.98 Å². The van der Waals surface area contributed by atoms with Gasteiger partial charge in [-0.3, -0.25) is 0 Å². The molecule has 0 radical (unpaired) electrons. The van der Waals surface area contributed by atoms with Gasteiger partial charge in [-0.2, -0.15) is 0 Å². The van der Waals surface area contributed by atoms with Crippen LogP contribution in [-0.2, 0) is 5.33 Å². The predicted molar refractivity (Wildman–Crippen MR) is 57.2 cm³/mol. The number of thiazole rings is 1. The maximum absolute atomic E-state index is 5.46. The quantitative estimate of drug-likeness (QED) is 0.769. The van der Waals surface area contributed by atoms with Gasteiger partial charge in [-0.1, -0.05) is 15.9 Å². The predicted octanol–water partition coefficient (Wildman–Crippen LogP) is 3.61. The zero-order valence-electron chi connectivity index (χ0n) is 7.08. The first kappa shape index (κ1) is 8.97. The third kappa shape index (κ3) is 1.84. The molecular formula is C9H8BrNOS. The minimum Gasteiger partial charge on any atom is -0.460 e. The molecule has 0 aliphatic rings. The number of furan rings is 1. The summed E-state index contributed by atoms with van der Waals surface area (Å²) < 4.78 is 5.46. The topological polar surface area (TPSA) is 26.0 Å². The molecule has 2 aromatic rings. The van der Waals surface area contributed by atoms with Crippen molar-refractivity contribution in [3.63, 3.8) is 0 Å². The molecule has 2 aromatic heterocycles. The number of rotatable bonds is 2. The molecule has 0 fully saturated rings. The number of hydrogen-bond acceptors (Lipinski definition) is 3. The van der Waals surface area contributed by atoms with Crippen molar-refractivity contribution in [1.29, 1.82) is 0 Å². The van der Waals surface area contributed by atoms with Crippen LogP contribution in [0, 0.1) is 6.92 Å². The first-order valence-electron chi connectivity index (χ1n) is 3.87. The van der Waals surface area contributed by atoms with E-state index in [2.05, 4.69) is 20.9 Å². The zero-order chi connectivity index (χ0) is 9.26. The van der Waals surface area contributed by atoms with Crippen LogP contribution in [0.2, 0.25) is 0 Å². The molecule has 0 amide bonds. The highest BCUT2D eigenvalue weighted by atomic mass is 79.9. The minimum absolute atomic E-state index is 0.803. The summed E-state index contributed by atoms with van der Waals surface area (Å²) in [6.07, 6.45) is 0. The molecule has 13 heavy (non-hydrogen) atoms. The second kappa shape index (κ2) is 3.64. The third-order valence-corrected chi connectivity index (χ3v) is 3.41. The Kier molecular flexibility index (Phi) is 2.51. The molecule has 0 spiro atoms. The van der Waals surface area contributed by atoms with Crippen molar-refractivity contribution in [3.8, 4) is 11.5 Å². The molecule has 68 valence electrons. The standard InChI is InChI=1S/C9H8BrNOS/c1-6-2-3-8(12-6)7-5-13-9(4-10)11-7/h2-3,5H,4H2,1H3. The highest BCUT2D eigenvalue weighted by Gasteiger charge is 2.06. The summed E-state index contributed by atoms with van der Waals surface area (Å²) in [5, 5.41) is 3.88. The third-order valence-electron chi connectivity index (χ3n) is 1.66. The average Bonchev–Trinajstić information content (AvgIpc) is 2.71. The van der Waals surface area contributed by atoms with Gasteiger partial charge in [0.15, 0.2) is 5.76 Å². The Labute approximate surface area is 88.7 Å². The van der Waals surface area contributed by atoms with Gasteiger partial charge in [0.05, 0.1) is 5.33 Å². The van der Waals surface area contributed by atoms with E-state index in [0.29, 0.717) is 0 Å². The monoisotopic (exact) mass is 257 g/mol. The lowest BCUT2D eigenvalue weighted by atomic mass is 10.4. The van der Waals surface area contributed by atoms with E-state index in [0.717, 1.165) is 27.6 Å². The first-order chi connectivity index (χ1) is 6.29. The second-order valence-corrected chi connectivity index (χ2v) is 4.17. The van der Waals surface area contributed by atoms with Crippen LogP contribution in [0.5, 0.6) is 0 Å². The molecule has 0 unspecified atom stereocenters. The van der Waals surface area contributed by atoms with Gasteiger partial charge in [-0.15, -0.1) is 11.3 Å². The number of halogens is 1. The number of nitrogens with zero attached hydrogens (tertiary/aromatic N) is 1. The molecule has 0 N–H and O–H groups in total. The van der Waals surface area contributed by atoms with E-state index >= 15 is 0 Å². The Bertz CT molecular complexity index is 407. The number of aryl methyl sites for hydroxylation is 1. The van der Waals surface area contributed by atoms with E-state index in [1.807, 2.05) is 24.4 Å². The van der Waals surface area contributed by atoms with Crippen LogP contribution >= 0.6 is 27.3 Å². The molecule has 4 heteroatoms. The Balaban J connectivity index is 2.35. The van der Waals surface area contributed by atoms with E-state index < -0.39 is 0 Å². The van der Waals surface area contributed by atoms with Crippen molar-refractivity contribution < 1.29 is 4.42 Å². The van der Waals surface area contributed by atoms with Gasteiger partial charge in [-0.25, -0.2) is 4.98 Å². The molecule has 0 atom stereocenters. The van der Waals surface area contributed by atoms with Gasteiger partial charge < -0.3 is 4.42 Å². The van der Waals surface area contributed by atoms with Crippen LogP contribution in [0.25, 0.3) is 11.5 Å². The van der Waals surface area contributed by atoms with Gasteiger partial charge in [0, 0.05) is 5.38 Å². The second-order valence-electron chi connectivity index (χ2n) is 2.67. The summed E-state index contributed by atoms with van der Waals surface area (Å²) in [6, 6.07) is 3.89. The van der Waals surface area contributed by atoms with E-state index in [-0.39, 0.29) is 0 Å². The highest BCUT2D eigenvalue weighted by Crippen LogP contribution is 2.24. The highest BCUT2D eigenvalue weighted by molar-refractivity contribution is 9.08. The lowest BCUT2D eigenvalue weighted by Gasteiger charge is -1.87. The lowest BCUT2D eigenvalue weighted by molar-refractivity contribution is 0.546. The van der Waals surface area contributed by atoms with Gasteiger partial charge >= 0.3 is 0 Å². The normalized spacial score (nSPS) is 10.6. The Morgan fingerprint density at radius 1 is 1.54 bits per heavy atom. The zero-order valence-corrected chi connectivity index (χ0v) is 9.48. The minimum atomic E-state index is 0.803. The van der Waals surface area contributed by atoms with Crippen molar-refractivity contribution in [2.45, 2.75) is 12.3 Å². The van der Waals surface area contributed by atoms with Crippen LogP contribution in [0.3, 0.4) is 0 Å². The average molecular weight is 258 g/mol. The van der Waals surface area contributed by atoms with Gasteiger partial charge in [-0.05, 0) is 19.1 Å². The van der Waals surface area contributed by atoms with Crippen molar-refractivity contribution in [3.05, 3.63) is 28.3 Å². The molecule has 0 bridgehead atoms.